The fourth-order valence-electron chi connectivity index (χ4n) is 3.64. The van der Waals surface area contributed by atoms with Gasteiger partial charge in [-0.2, -0.15) is 20.2 Å². The Morgan fingerprint density at radius 1 is 0.972 bits per heavy atom. The zero-order chi connectivity index (χ0) is 25.1. The number of hydrogen-bond acceptors (Lipinski definition) is 9. The van der Waals surface area contributed by atoms with Gasteiger partial charge in [0.05, 0.1) is 34.0 Å². The molecule has 0 saturated carbocycles. The number of nitriles is 1. The molecular formula is C26H20N8OS. The summed E-state index contributed by atoms with van der Waals surface area (Å²) < 4.78 is 1.53. The molecule has 0 aliphatic rings. The topological polar surface area (TPSA) is 135 Å². The van der Waals surface area contributed by atoms with Gasteiger partial charge in [0.15, 0.2) is 5.16 Å². The lowest BCUT2D eigenvalue weighted by Gasteiger charge is -2.13. The van der Waals surface area contributed by atoms with Crippen LogP contribution >= 0.6 is 11.8 Å². The second kappa shape index (κ2) is 9.85. The number of thioether (sulfide) groups is 1. The van der Waals surface area contributed by atoms with Gasteiger partial charge in [0, 0.05) is 5.69 Å². The number of nitrogen functional groups attached to an aromatic ring is 1. The fourth-order valence-corrected chi connectivity index (χ4v) is 4.51. The molecule has 3 aromatic carbocycles. The highest BCUT2D eigenvalue weighted by Gasteiger charge is 2.15. The van der Waals surface area contributed by atoms with Crippen molar-refractivity contribution in [1.82, 2.24) is 24.5 Å². The van der Waals surface area contributed by atoms with E-state index in [0.717, 1.165) is 11.3 Å². The van der Waals surface area contributed by atoms with Crippen molar-refractivity contribution in [3.63, 3.8) is 0 Å². The molecule has 0 amide bonds. The van der Waals surface area contributed by atoms with Gasteiger partial charge in [-0.1, -0.05) is 42.1 Å². The summed E-state index contributed by atoms with van der Waals surface area (Å²) in [6.07, 6.45) is 0. The van der Waals surface area contributed by atoms with Gasteiger partial charge < -0.3 is 11.1 Å². The lowest BCUT2D eigenvalue weighted by molar-refractivity contribution is 0.818. The standard InChI is InChI=1S/C26H20N8OS/c1-16-6-2-4-8-20(16)29-25-32-22(31-24(28)33-25)15-36-26-30-21-9-5-3-7-19(21)23(35)34(26)18-12-10-17(14-27)11-13-18/h2-13H,15H2,1H3,(H3,28,29,31,32,33). The molecule has 0 saturated heterocycles. The molecular weight excluding hydrogens is 472 g/mol. The highest BCUT2D eigenvalue weighted by molar-refractivity contribution is 7.98. The van der Waals surface area contributed by atoms with Crippen molar-refractivity contribution in [2.75, 3.05) is 11.1 Å². The van der Waals surface area contributed by atoms with E-state index in [0.29, 0.717) is 44.8 Å². The number of para-hydroxylation sites is 2. The van der Waals surface area contributed by atoms with Crippen LogP contribution in [0.4, 0.5) is 17.6 Å². The summed E-state index contributed by atoms with van der Waals surface area (Å²) in [6, 6.07) is 23.9. The highest BCUT2D eigenvalue weighted by Crippen LogP contribution is 2.25. The highest BCUT2D eigenvalue weighted by atomic mass is 32.2. The first-order valence-electron chi connectivity index (χ1n) is 11.0. The van der Waals surface area contributed by atoms with Crippen LogP contribution in [0.5, 0.6) is 0 Å². The normalized spacial score (nSPS) is 10.8. The number of nitrogens with zero attached hydrogens (tertiary/aromatic N) is 6. The lowest BCUT2D eigenvalue weighted by Crippen LogP contribution is -2.21. The number of nitrogens with one attached hydrogen (secondary N) is 1. The van der Waals surface area contributed by atoms with E-state index >= 15 is 0 Å². The Hall–Kier alpha value is -4.75. The van der Waals surface area contributed by atoms with Gasteiger partial charge in [-0.25, -0.2) is 4.98 Å². The summed E-state index contributed by atoms with van der Waals surface area (Å²) in [5.41, 5.74) is 9.37. The molecule has 9 nitrogen and oxygen atoms in total. The summed E-state index contributed by atoms with van der Waals surface area (Å²) in [4.78, 5) is 31.1. The van der Waals surface area contributed by atoms with Gasteiger partial charge in [-0.15, -0.1) is 0 Å². The van der Waals surface area contributed by atoms with E-state index in [1.807, 2.05) is 37.3 Å². The van der Waals surface area contributed by atoms with Crippen LogP contribution in [0, 0.1) is 18.3 Å². The minimum absolute atomic E-state index is 0.0904. The first-order valence-corrected chi connectivity index (χ1v) is 12.0. The average molecular weight is 493 g/mol. The number of fused-ring (bicyclic) bond motifs is 1. The van der Waals surface area contributed by atoms with E-state index in [1.54, 1.807) is 42.5 Å². The summed E-state index contributed by atoms with van der Waals surface area (Å²) >= 11 is 1.31. The maximum atomic E-state index is 13.4. The third-order valence-corrected chi connectivity index (χ3v) is 6.36. The molecule has 36 heavy (non-hydrogen) atoms. The van der Waals surface area contributed by atoms with E-state index < -0.39 is 0 Å². The third kappa shape index (κ3) is 4.73. The van der Waals surface area contributed by atoms with Crippen LogP contribution in [-0.2, 0) is 5.75 Å². The Kier molecular flexibility index (Phi) is 6.30. The van der Waals surface area contributed by atoms with Crippen LogP contribution in [-0.4, -0.2) is 24.5 Å². The number of nitrogens with two attached hydrogens (primary N) is 1. The molecule has 0 aliphatic heterocycles. The van der Waals surface area contributed by atoms with Crippen LogP contribution in [0.25, 0.3) is 16.6 Å². The van der Waals surface area contributed by atoms with E-state index in [-0.39, 0.29) is 11.5 Å². The summed E-state index contributed by atoms with van der Waals surface area (Å²) in [6.45, 7) is 1.98. The average Bonchev–Trinajstić information content (AvgIpc) is 2.89. The Balaban J connectivity index is 1.50. The largest absolute Gasteiger partial charge is 0.368 e. The third-order valence-electron chi connectivity index (χ3n) is 5.42. The van der Waals surface area contributed by atoms with E-state index in [1.165, 1.54) is 16.3 Å². The Morgan fingerprint density at radius 3 is 2.50 bits per heavy atom. The molecule has 10 heteroatoms. The molecule has 0 atom stereocenters. The van der Waals surface area contributed by atoms with Gasteiger partial charge in [-0.3, -0.25) is 9.36 Å². The maximum absolute atomic E-state index is 13.4. The Bertz CT molecular complexity index is 1680. The van der Waals surface area contributed by atoms with Gasteiger partial charge in [0.1, 0.15) is 5.82 Å². The monoisotopic (exact) mass is 492 g/mol. The van der Waals surface area contributed by atoms with Crippen LogP contribution in [0.2, 0.25) is 0 Å². The second-order valence-corrected chi connectivity index (χ2v) is 8.82. The molecule has 2 aromatic heterocycles. The molecule has 176 valence electrons. The van der Waals surface area contributed by atoms with Gasteiger partial charge >= 0.3 is 0 Å². The minimum atomic E-state index is -0.204. The van der Waals surface area contributed by atoms with Crippen molar-refractivity contribution < 1.29 is 0 Å². The Morgan fingerprint density at radius 2 is 1.72 bits per heavy atom. The molecule has 5 aromatic rings. The molecule has 3 N–H and O–H groups in total. The van der Waals surface area contributed by atoms with Gasteiger partial charge in [-0.05, 0) is 55.0 Å². The van der Waals surface area contributed by atoms with Crippen LogP contribution < -0.4 is 16.6 Å². The lowest BCUT2D eigenvalue weighted by atomic mass is 10.2. The molecule has 0 fully saturated rings. The summed E-state index contributed by atoms with van der Waals surface area (Å²) in [7, 11) is 0. The van der Waals surface area contributed by atoms with Crippen LogP contribution in [0.3, 0.4) is 0 Å². The molecule has 2 heterocycles. The second-order valence-electron chi connectivity index (χ2n) is 7.87. The quantitative estimate of drug-likeness (QED) is 0.262. The van der Waals surface area contributed by atoms with Crippen molar-refractivity contribution in [3.05, 3.63) is 100 Å². The van der Waals surface area contributed by atoms with E-state index in [2.05, 4.69) is 26.3 Å². The van der Waals surface area contributed by atoms with Crippen molar-refractivity contribution in [1.29, 1.82) is 5.26 Å². The van der Waals surface area contributed by atoms with Crippen LogP contribution in [0.15, 0.2) is 82.7 Å². The molecule has 0 unspecified atom stereocenters. The minimum Gasteiger partial charge on any atom is -0.368 e. The van der Waals surface area contributed by atoms with Crippen molar-refractivity contribution in [3.8, 4) is 11.8 Å². The van der Waals surface area contributed by atoms with Crippen molar-refractivity contribution >= 4 is 40.2 Å². The summed E-state index contributed by atoms with van der Waals surface area (Å²) in [5.74, 6) is 1.17. The summed E-state index contributed by atoms with van der Waals surface area (Å²) in [5, 5.41) is 13.3. The zero-order valence-corrected chi connectivity index (χ0v) is 20.0. The van der Waals surface area contributed by atoms with E-state index in [4.69, 9.17) is 16.0 Å². The number of rotatable bonds is 6. The van der Waals surface area contributed by atoms with Gasteiger partial charge in [0.25, 0.3) is 5.56 Å². The first-order chi connectivity index (χ1) is 17.5. The molecule has 0 bridgehead atoms. The Labute approximate surface area is 210 Å². The number of aryl methyl sites for hydroxylation is 1. The number of anilines is 3. The maximum Gasteiger partial charge on any atom is 0.266 e. The predicted octanol–water partition coefficient (Wildman–Crippen LogP) is 4.37. The smallest absolute Gasteiger partial charge is 0.266 e. The van der Waals surface area contributed by atoms with Crippen LogP contribution in [0.1, 0.15) is 17.0 Å². The SMILES string of the molecule is Cc1ccccc1Nc1nc(N)nc(CSc2nc3ccccc3c(=O)n2-c2ccc(C#N)cc2)n1. The van der Waals surface area contributed by atoms with Crippen molar-refractivity contribution in [2.45, 2.75) is 17.8 Å². The first kappa shape index (κ1) is 23.0. The zero-order valence-electron chi connectivity index (χ0n) is 19.2. The predicted molar refractivity (Wildman–Crippen MR) is 140 cm³/mol. The number of hydrogen-bond donors (Lipinski definition) is 2. The van der Waals surface area contributed by atoms with Gasteiger partial charge in [0.2, 0.25) is 11.9 Å². The molecule has 0 aliphatic carbocycles. The fraction of sp³-hybridized carbons (Fsp3) is 0.0769. The van der Waals surface area contributed by atoms with Crippen molar-refractivity contribution in [2.24, 2.45) is 0 Å². The number of benzene rings is 3. The molecule has 5 rings (SSSR count). The number of aromatic nitrogens is 5. The molecule has 0 radical (unpaired) electrons. The molecule has 0 spiro atoms. The van der Waals surface area contributed by atoms with E-state index in [9.17, 15) is 4.79 Å².